The van der Waals surface area contributed by atoms with Gasteiger partial charge in [0.05, 0.1) is 11.7 Å². The predicted molar refractivity (Wildman–Crippen MR) is 131 cm³/mol. The second-order valence-electron chi connectivity index (χ2n) is 9.34. The number of amides is 1. The maximum Gasteiger partial charge on any atom is 0.242 e. The molecule has 1 amide bonds. The minimum Gasteiger partial charge on any atom is -0.355 e. The van der Waals surface area contributed by atoms with E-state index in [1.54, 1.807) is 18.2 Å². The first-order valence-electron chi connectivity index (χ1n) is 12.2. The number of sulfonamides is 1. The molecule has 2 N–H and O–H groups in total. The lowest BCUT2D eigenvalue weighted by Crippen LogP contribution is -2.44. The van der Waals surface area contributed by atoms with Gasteiger partial charge in [-0.2, -0.15) is 8.75 Å². The van der Waals surface area contributed by atoms with E-state index in [0.717, 1.165) is 50.5 Å². The monoisotopic (exact) mass is 493 g/mol. The van der Waals surface area contributed by atoms with Crippen molar-refractivity contribution in [2.45, 2.75) is 69.2 Å². The molecule has 33 heavy (non-hydrogen) atoms. The van der Waals surface area contributed by atoms with Crippen molar-refractivity contribution in [2.75, 3.05) is 26.2 Å². The Morgan fingerprint density at radius 2 is 1.97 bits per heavy atom. The zero-order valence-corrected chi connectivity index (χ0v) is 21.0. The van der Waals surface area contributed by atoms with Gasteiger partial charge in [-0.05, 0) is 69.5 Å². The molecule has 4 rings (SSSR count). The van der Waals surface area contributed by atoms with E-state index < -0.39 is 10.0 Å². The third kappa shape index (κ3) is 6.09. The second-order valence-corrected chi connectivity index (χ2v) is 11.6. The van der Waals surface area contributed by atoms with Crippen LogP contribution in [0.15, 0.2) is 23.1 Å². The Labute approximate surface area is 200 Å². The molecule has 0 spiro atoms. The maximum atomic E-state index is 12.8. The Morgan fingerprint density at radius 3 is 2.76 bits per heavy atom. The molecule has 2 aliphatic rings. The number of nitrogens with one attached hydrogen (secondary N) is 2. The number of likely N-dealkylation sites (tertiary alicyclic amines) is 1. The topological polar surface area (TPSA) is 104 Å². The maximum absolute atomic E-state index is 12.8. The highest BCUT2D eigenvalue weighted by Crippen LogP contribution is 2.29. The van der Waals surface area contributed by atoms with Gasteiger partial charge in [0.2, 0.25) is 15.9 Å². The predicted octanol–water partition coefficient (Wildman–Crippen LogP) is 3.16. The highest BCUT2D eigenvalue weighted by Gasteiger charge is 2.28. The van der Waals surface area contributed by atoms with Crippen molar-refractivity contribution in [3.8, 4) is 0 Å². The molecule has 0 unspecified atom stereocenters. The van der Waals surface area contributed by atoms with Gasteiger partial charge in [-0.3, -0.25) is 9.69 Å². The van der Waals surface area contributed by atoms with E-state index in [1.807, 2.05) is 0 Å². The molecule has 0 bridgehead atoms. The molecular weight excluding hydrogens is 458 g/mol. The molecule has 2 aromatic rings. The van der Waals surface area contributed by atoms with Gasteiger partial charge in [-0.15, -0.1) is 0 Å². The number of carbonyl (C=O) groups excluding carboxylic acids is 1. The molecule has 1 saturated carbocycles. The van der Waals surface area contributed by atoms with E-state index in [-0.39, 0.29) is 22.6 Å². The molecule has 2 fully saturated rings. The van der Waals surface area contributed by atoms with E-state index in [9.17, 15) is 13.2 Å². The van der Waals surface area contributed by atoms with E-state index in [2.05, 4.69) is 30.6 Å². The van der Waals surface area contributed by atoms with Crippen LogP contribution in [0.2, 0.25) is 0 Å². The van der Waals surface area contributed by atoms with Crippen LogP contribution in [0.25, 0.3) is 11.0 Å². The first-order valence-corrected chi connectivity index (χ1v) is 14.4. The van der Waals surface area contributed by atoms with E-state index in [1.165, 1.54) is 25.7 Å². The summed E-state index contributed by atoms with van der Waals surface area (Å²) in [4.78, 5) is 15.3. The zero-order chi connectivity index (χ0) is 23.3. The Bertz CT molecular complexity index is 1030. The van der Waals surface area contributed by atoms with Gasteiger partial charge >= 0.3 is 0 Å². The molecule has 0 radical (unpaired) electrons. The number of hydrogen-bond acceptors (Lipinski definition) is 7. The van der Waals surface area contributed by atoms with Crippen molar-refractivity contribution in [3.63, 3.8) is 0 Å². The van der Waals surface area contributed by atoms with Crippen molar-refractivity contribution in [2.24, 2.45) is 11.8 Å². The quantitative estimate of drug-likeness (QED) is 0.556. The SMILES string of the molecule is CC[C@@H]1CCCCN1CCNC(=O)C1CCC(CNS(=O)(=O)c2cccc3nsnc23)CC1. The summed E-state index contributed by atoms with van der Waals surface area (Å²) in [5.41, 5.74) is 1.02. The molecule has 182 valence electrons. The summed E-state index contributed by atoms with van der Waals surface area (Å²) in [5, 5.41) is 3.15. The van der Waals surface area contributed by atoms with Crippen LogP contribution >= 0.6 is 11.7 Å². The fraction of sp³-hybridized carbons (Fsp3) is 0.696. The molecule has 10 heteroatoms. The molecule has 1 saturated heterocycles. The van der Waals surface area contributed by atoms with Crippen LogP contribution in [-0.2, 0) is 14.8 Å². The van der Waals surface area contributed by atoms with Crippen molar-refractivity contribution in [3.05, 3.63) is 18.2 Å². The van der Waals surface area contributed by atoms with Crippen molar-refractivity contribution in [1.82, 2.24) is 23.7 Å². The van der Waals surface area contributed by atoms with Gasteiger partial charge in [0.1, 0.15) is 15.9 Å². The average molecular weight is 494 g/mol. The summed E-state index contributed by atoms with van der Waals surface area (Å²) in [6.07, 6.45) is 8.36. The van der Waals surface area contributed by atoms with Crippen LogP contribution < -0.4 is 10.0 Å². The Hall–Kier alpha value is -1.62. The van der Waals surface area contributed by atoms with E-state index in [4.69, 9.17) is 0 Å². The number of aromatic nitrogens is 2. The molecule has 2 heterocycles. The number of nitrogens with zero attached hydrogens (tertiary/aromatic N) is 3. The number of rotatable bonds is 9. The van der Waals surface area contributed by atoms with Gasteiger partial charge in [0.15, 0.2) is 0 Å². The van der Waals surface area contributed by atoms with Crippen molar-refractivity contribution in [1.29, 1.82) is 0 Å². The highest BCUT2D eigenvalue weighted by atomic mass is 32.2. The Balaban J connectivity index is 1.19. The van der Waals surface area contributed by atoms with Crippen molar-refractivity contribution >= 4 is 38.7 Å². The normalized spacial score (nSPS) is 24.7. The third-order valence-corrected chi connectivity index (χ3v) is 9.23. The van der Waals surface area contributed by atoms with Gasteiger partial charge < -0.3 is 5.32 Å². The van der Waals surface area contributed by atoms with Gasteiger partial charge in [0.25, 0.3) is 0 Å². The highest BCUT2D eigenvalue weighted by molar-refractivity contribution is 7.89. The Kier molecular flexibility index (Phi) is 8.32. The van der Waals surface area contributed by atoms with E-state index in [0.29, 0.717) is 30.2 Å². The average Bonchev–Trinajstić information content (AvgIpc) is 3.32. The number of hydrogen-bond donors (Lipinski definition) is 2. The lowest BCUT2D eigenvalue weighted by Gasteiger charge is -2.35. The second kappa shape index (κ2) is 11.2. The molecule has 1 aliphatic heterocycles. The molecule has 1 aromatic carbocycles. The largest absolute Gasteiger partial charge is 0.355 e. The lowest BCUT2D eigenvalue weighted by molar-refractivity contribution is -0.126. The minimum absolute atomic E-state index is 0.0380. The van der Waals surface area contributed by atoms with Gasteiger partial charge in [-0.1, -0.05) is 19.4 Å². The third-order valence-electron chi connectivity index (χ3n) is 7.24. The zero-order valence-electron chi connectivity index (χ0n) is 19.3. The first-order chi connectivity index (χ1) is 16.0. The van der Waals surface area contributed by atoms with Crippen molar-refractivity contribution < 1.29 is 13.2 Å². The number of piperidine rings is 1. The summed E-state index contributed by atoms with van der Waals surface area (Å²) < 4.78 is 36.6. The van der Waals surface area contributed by atoms with Crippen LogP contribution in [-0.4, -0.2) is 60.2 Å². The summed E-state index contributed by atoms with van der Waals surface area (Å²) in [6.45, 7) is 5.42. The van der Waals surface area contributed by atoms with Gasteiger partial charge in [0, 0.05) is 31.6 Å². The fourth-order valence-corrected chi connectivity index (χ4v) is 7.10. The summed E-state index contributed by atoms with van der Waals surface area (Å²) in [7, 11) is -3.65. The van der Waals surface area contributed by atoms with Crippen LogP contribution in [0.5, 0.6) is 0 Å². The fourth-order valence-electron chi connectivity index (χ4n) is 5.22. The van der Waals surface area contributed by atoms with Crippen LogP contribution in [0, 0.1) is 11.8 Å². The number of benzene rings is 1. The van der Waals surface area contributed by atoms with Crippen LogP contribution in [0.1, 0.15) is 58.3 Å². The standard InChI is InChI=1S/C23H35N5O3S2/c1-2-19-6-3-4-14-28(19)15-13-24-23(29)18-11-9-17(10-12-18)16-25-33(30,31)21-8-5-7-20-22(21)27-32-26-20/h5,7-8,17-19,25H,2-4,6,9-16H2,1H3,(H,24,29)/t17?,18?,19-/m1/s1. The van der Waals surface area contributed by atoms with Crippen LogP contribution in [0.4, 0.5) is 0 Å². The molecule has 8 nitrogen and oxygen atoms in total. The molecule has 1 aromatic heterocycles. The summed E-state index contributed by atoms with van der Waals surface area (Å²) >= 11 is 1.01. The van der Waals surface area contributed by atoms with Gasteiger partial charge in [-0.25, -0.2) is 13.1 Å². The smallest absolute Gasteiger partial charge is 0.242 e. The lowest BCUT2D eigenvalue weighted by atomic mass is 9.81. The Morgan fingerprint density at radius 1 is 1.15 bits per heavy atom. The molecular formula is C23H35N5O3S2. The number of fused-ring (bicyclic) bond motifs is 1. The first kappa shape index (κ1) is 24.5. The molecule has 1 aliphatic carbocycles. The van der Waals surface area contributed by atoms with E-state index >= 15 is 0 Å². The summed E-state index contributed by atoms with van der Waals surface area (Å²) in [6, 6.07) is 5.68. The summed E-state index contributed by atoms with van der Waals surface area (Å²) in [5.74, 6) is 0.438. The number of carbonyl (C=O) groups is 1. The molecule has 1 atom stereocenters. The minimum atomic E-state index is -3.65. The van der Waals surface area contributed by atoms with Crippen LogP contribution in [0.3, 0.4) is 0 Å².